The van der Waals surface area contributed by atoms with Gasteiger partial charge in [-0.25, -0.2) is 0 Å². The van der Waals surface area contributed by atoms with Crippen LogP contribution in [0.25, 0.3) is 11.1 Å². The Labute approximate surface area is 115 Å². The van der Waals surface area contributed by atoms with Gasteiger partial charge in [0.05, 0.1) is 6.10 Å². The summed E-state index contributed by atoms with van der Waals surface area (Å²) in [6.07, 6.45) is 0.191. The van der Waals surface area contributed by atoms with Gasteiger partial charge in [-0.1, -0.05) is 30.3 Å². The van der Waals surface area contributed by atoms with E-state index < -0.39 is 0 Å². The fraction of sp³-hybridized carbons (Fsp3) is 0.294. The van der Waals surface area contributed by atoms with Crippen LogP contribution in [0.3, 0.4) is 0 Å². The molecular weight excluding hydrogens is 234 g/mol. The maximum Gasteiger partial charge on any atom is 0.120 e. The number of ether oxygens (including phenoxy) is 1. The fourth-order valence-corrected chi connectivity index (χ4v) is 2.19. The second-order valence-corrected chi connectivity index (χ2v) is 5.05. The van der Waals surface area contributed by atoms with Crippen LogP contribution in [-0.4, -0.2) is 6.10 Å². The highest BCUT2D eigenvalue weighted by molar-refractivity contribution is 5.68. The standard InChI is InChI=1S/C17H21NO/c1-12(2)19-16-6-4-5-15(10-16)17-8-7-14(11-18)9-13(17)3/h4-10,12H,11,18H2,1-3H3. The Morgan fingerprint density at radius 1 is 1.11 bits per heavy atom. The van der Waals surface area contributed by atoms with E-state index in [1.54, 1.807) is 0 Å². The summed E-state index contributed by atoms with van der Waals surface area (Å²) < 4.78 is 5.74. The van der Waals surface area contributed by atoms with Gasteiger partial charge in [0.15, 0.2) is 0 Å². The molecule has 0 atom stereocenters. The fourth-order valence-electron chi connectivity index (χ4n) is 2.19. The molecule has 2 nitrogen and oxygen atoms in total. The van der Waals surface area contributed by atoms with Crippen LogP contribution >= 0.6 is 0 Å². The van der Waals surface area contributed by atoms with Gasteiger partial charge in [0.2, 0.25) is 0 Å². The van der Waals surface area contributed by atoms with E-state index >= 15 is 0 Å². The Hall–Kier alpha value is -1.80. The van der Waals surface area contributed by atoms with Gasteiger partial charge >= 0.3 is 0 Å². The summed E-state index contributed by atoms with van der Waals surface area (Å²) in [6, 6.07) is 14.6. The minimum atomic E-state index is 0.191. The summed E-state index contributed by atoms with van der Waals surface area (Å²) in [6.45, 7) is 6.77. The summed E-state index contributed by atoms with van der Waals surface area (Å²) in [5, 5.41) is 0. The van der Waals surface area contributed by atoms with Gasteiger partial charge in [0, 0.05) is 6.54 Å². The molecule has 2 rings (SSSR count). The van der Waals surface area contributed by atoms with Crippen molar-refractivity contribution in [2.75, 3.05) is 0 Å². The molecule has 0 unspecified atom stereocenters. The molecule has 2 aromatic carbocycles. The maximum absolute atomic E-state index is 5.74. The van der Waals surface area contributed by atoms with Crippen LogP contribution < -0.4 is 10.5 Å². The van der Waals surface area contributed by atoms with Gasteiger partial charge in [-0.2, -0.15) is 0 Å². The number of hydrogen-bond donors (Lipinski definition) is 1. The Bertz CT molecular complexity index is 561. The molecule has 0 heterocycles. The SMILES string of the molecule is Cc1cc(CN)ccc1-c1cccc(OC(C)C)c1. The lowest BCUT2D eigenvalue weighted by molar-refractivity contribution is 0.242. The Morgan fingerprint density at radius 2 is 1.89 bits per heavy atom. The lowest BCUT2D eigenvalue weighted by atomic mass is 9.98. The van der Waals surface area contributed by atoms with Crippen molar-refractivity contribution in [1.29, 1.82) is 0 Å². The molecule has 2 N–H and O–H groups in total. The molecule has 100 valence electrons. The first-order chi connectivity index (χ1) is 9.10. The van der Waals surface area contributed by atoms with Crippen molar-refractivity contribution in [2.24, 2.45) is 5.73 Å². The topological polar surface area (TPSA) is 35.2 Å². The van der Waals surface area contributed by atoms with Crippen LogP contribution in [0.15, 0.2) is 42.5 Å². The third-order valence-corrected chi connectivity index (χ3v) is 3.04. The molecule has 2 aromatic rings. The molecule has 0 aliphatic heterocycles. The molecular formula is C17H21NO. The van der Waals surface area contributed by atoms with Crippen molar-refractivity contribution in [1.82, 2.24) is 0 Å². The van der Waals surface area contributed by atoms with E-state index in [4.69, 9.17) is 10.5 Å². The zero-order valence-electron chi connectivity index (χ0n) is 11.8. The van der Waals surface area contributed by atoms with E-state index in [1.807, 2.05) is 26.0 Å². The van der Waals surface area contributed by atoms with Crippen LogP contribution in [0, 0.1) is 6.92 Å². The van der Waals surface area contributed by atoms with Crippen LogP contribution in [0.5, 0.6) is 5.75 Å². The Kier molecular flexibility index (Phi) is 4.23. The lowest BCUT2D eigenvalue weighted by Crippen LogP contribution is -2.05. The number of aryl methyl sites for hydroxylation is 1. The molecule has 0 aliphatic rings. The zero-order chi connectivity index (χ0) is 13.8. The van der Waals surface area contributed by atoms with E-state index in [0.717, 1.165) is 11.3 Å². The zero-order valence-corrected chi connectivity index (χ0v) is 11.8. The molecule has 0 bridgehead atoms. The van der Waals surface area contributed by atoms with Crippen molar-refractivity contribution < 1.29 is 4.74 Å². The summed E-state index contributed by atoms with van der Waals surface area (Å²) in [5.74, 6) is 0.912. The van der Waals surface area contributed by atoms with Crippen molar-refractivity contribution in [3.63, 3.8) is 0 Å². The number of hydrogen-bond acceptors (Lipinski definition) is 2. The van der Waals surface area contributed by atoms with Gasteiger partial charge in [-0.05, 0) is 55.2 Å². The minimum Gasteiger partial charge on any atom is -0.491 e. The molecule has 0 fully saturated rings. The highest BCUT2D eigenvalue weighted by atomic mass is 16.5. The number of benzene rings is 2. The highest BCUT2D eigenvalue weighted by Crippen LogP contribution is 2.27. The van der Waals surface area contributed by atoms with E-state index in [0.29, 0.717) is 6.54 Å². The van der Waals surface area contributed by atoms with Crippen molar-refractivity contribution >= 4 is 0 Å². The molecule has 0 spiro atoms. The summed E-state index contributed by atoms with van der Waals surface area (Å²) >= 11 is 0. The lowest BCUT2D eigenvalue weighted by Gasteiger charge is -2.12. The number of rotatable bonds is 4. The average Bonchev–Trinajstić information content (AvgIpc) is 2.38. The van der Waals surface area contributed by atoms with Gasteiger partial charge in [0.1, 0.15) is 5.75 Å². The van der Waals surface area contributed by atoms with Gasteiger partial charge < -0.3 is 10.5 Å². The molecule has 0 radical (unpaired) electrons. The van der Waals surface area contributed by atoms with Crippen LogP contribution in [0.2, 0.25) is 0 Å². The third-order valence-electron chi connectivity index (χ3n) is 3.04. The maximum atomic E-state index is 5.74. The normalized spacial score (nSPS) is 10.8. The van der Waals surface area contributed by atoms with Crippen LogP contribution in [-0.2, 0) is 6.54 Å². The van der Waals surface area contributed by atoms with Crippen molar-refractivity contribution in [3.8, 4) is 16.9 Å². The van der Waals surface area contributed by atoms with E-state index in [-0.39, 0.29) is 6.10 Å². The van der Waals surface area contributed by atoms with Crippen molar-refractivity contribution in [2.45, 2.75) is 33.4 Å². The van der Waals surface area contributed by atoms with Gasteiger partial charge in [0.25, 0.3) is 0 Å². The van der Waals surface area contributed by atoms with E-state index in [1.165, 1.54) is 16.7 Å². The van der Waals surface area contributed by atoms with Gasteiger partial charge in [-0.3, -0.25) is 0 Å². The molecule has 0 amide bonds. The summed E-state index contributed by atoms with van der Waals surface area (Å²) in [5.41, 5.74) is 10.5. The molecule has 0 aromatic heterocycles. The monoisotopic (exact) mass is 255 g/mol. The average molecular weight is 255 g/mol. The smallest absolute Gasteiger partial charge is 0.120 e. The second kappa shape index (κ2) is 5.89. The van der Waals surface area contributed by atoms with Crippen LogP contribution in [0.1, 0.15) is 25.0 Å². The van der Waals surface area contributed by atoms with Gasteiger partial charge in [-0.15, -0.1) is 0 Å². The first kappa shape index (κ1) is 13.6. The van der Waals surface area contributed by atoms with E-state index in [2.05, 4.69) is 37.3 Å². The predicted octanol–water partition coefficient (Wildman–Crippen LogP) is 3.91. The number of nitrogens with two attached hydrogens (primary N) is 1. The Morgan fingerprint density at radius 3 is 2.53 bits per heavy atom. The first-order valence-electron chi connectivity index (χ1n) is 6.67. The first-order valence-corrected chi connectivity index (χ1v) is 6.67. The summed E-state index contributed by atoms with van der Waals surface area (Å²) in [7, 11) is 0. The molecule has 19 heavy (non-hydrogen) atoms. The molecule has 0 saturated carbocycles. The Balaban J connectivity index is 2.36. The van der Waals surface area contributed by atoms with Crippen LogP contribution in [0.4, 0.5) is 0 Å². The molecule has 0 saturated heterocycles. The predicted molar refractivity (Wildman–Crippen MR) is 80.3 cm³/mol. The molecule has 0 aliphatic carbocycles. The highest BCUT2D eigenvalue weighted by Gasteiger charge is 2.05. The minimum absolute atomic E-state index is 0.191. The van der Waals surface area contributed by atoms with E-state index in [9.17, 15) is 0 Å². The molecule has 2 heteroatoms. The van der Waals surface area contributed by atoms with Crippen molar-refractivity contribution in [3.05, 3.63) is 53.6 Å². The summed E-state index contributed by atoms with van der Waals surface area (Å²) in [4.78, 5) is 0. The quantitative estimate of drug-likeness (QED) is 0.899. The largest absolute Gasteiger partial charge is 0.491 e. The second-order valence-electron chi connectivity index (χ2n) is 5.05. The third kappa shape index (κ3) is 3.36.